The van der Waals surface area contributed by atoms with Gasteiger partial charge in [0.25, 0.3) is 5.89 Å². The number of nitrogens with one attached hydrogen (secondary N) is 1. The molecule has 1 heterocycles. The number of carbonyl (C=O) groups excluding carboxylic acids is 1. The number of nitrogens with two attached hydrogens (primary N) is 1. The monoisotopic (exact) mass is 237 g/mol. The Morgan fingerprint density at radius 3 is 2.75 bits per heavy atom. The lowest BCUT2D eigenvalue weighted by atomic mass is 10.3. The Hall–Kier alpha value is -1.57. The summed E-state index contributed by atoms with van der Waals surface area (Å²) in [5.41, 5.74) is 4.87. The summed E-state index contributed by atoms with van der Waals surface area (Å²) in [7, 11) is 0. The average Bonchev–Trinajstić information content (AvgIpc) is 2.61. The van der Waals surface area contributed by atoms with Crippen molar-refractivity contribution < 1.29 is 22.4 Å². The normalized spacial score (nSPS) is 13.8. The molecule has 1 unspecified atom stereocenters. The number of amides is 1. The summed E-state index contributed by atoms with van der Waals surface area (Å²) in [5, 5.41) is 2.18. The predicted molar refractivity (Wildman–Crippen MR) is 47.5 cm³/mol. The highest BCUT2D eigenvalue weighted by atomic mass is 19.4. The molecule has 3 N–H and O–H groups in total. The molecule has 90 valence electrons. The topological polar surface area (TPSA) is 81.1 Å². The lowest BCUT2D eigenvalue weighted by Crippen LogP contribution is -2.30. The number of aromatic nitrogens is 1. The number of primary amides is 1. The maximum Gasteiger partial charge on any atom is 0.401 e. The van der Waals surface area contributed by atoms with Crippen molar-refractivity contribution in [2.24, 2.45) is 5.73 Å². The zero-order valence-electron chi connectivity index (χ0n) is 8.34. The number of carbonyl (C=O) groups is 1. The Kier molecular flexibility index (Phi) is 3.53. The lowest BCUT2D eigenvalue weighted by Gasteiger charge is -2.12. The summed E-state index contributed by atoms with van der Waals surface area (Å²) < 4.78 is 40.5. The number of halogens is 3. The molecule has 0 fully saturated rings. The Balaban J connectivity index is 2.59. The molecule has 0 spiro atoms. The standard InChI is InChI=1S/C8H10F3N3O2/c1-4(14-3-8(9,10)11)5-2-13-7(16-5)6(12)15/h2,4,14H,3H2,1H3,(H2,12,15). The van der Waals surface area contributed by atoms with Gasteiger partial charge in [0.05, 0.1) is 18.8 Å². The second kappa shape index (κ2) is 4.52. The van der Waals surface area contributed by atoms with Gasteiger partial charge in [0.2, 0.25) is 0 Å². The van der Waals surface area contributed by atoms with Gasteiger partial charge >= 0.3 is 12.1 Å². The molecule has 16 heavy (non-hydrogen) atoms. The van der Waals surface area contributed by atoms with Crippen LogP contribution < -0.4 is 11.1 Å². The molecule has 1 amide bonds. The summed E-state index contributed by atoms with van der Waals surface area (Å²) in [4.78, 5) is 14.1. The van der Waals surface area contributed by atoms with Crippen molar-refractivity contribution in [2.75, 3.05) is 6.54 Å². The molecule has 0 aliphatic rings. The van der Waals surface area contributed by atoms with Gasteiger partial charge in [-0.3, -0.25) is 10.1 Å². The number of hydrogen-bond donors (Lipinski definition) is 2. The third-order valence-electron chi connectivity index (χ3n) is 1.77. The number of hydrogen-bond acceptors (Lipinski definition) is 4. The van der Waals surface area contributed by atoms with Gasteiger partial charge in [0, 0.05) is 0 Å². The van der Waals surface area contributed by atoms with E-state index in [-0.39, 0.29) is 11.7 Å². The van der Waals surface area contributed by atoms with Crippen LogP contribution >= 0.6 is 0 Å². The molecule has 8 heteroatoms. The highest BCUT2D eigenvalue weighted by Gasteiger charge is 2.28. The van der Waals surface area contributed by atoms with E-state index >= 15 is 0 Å². The van der Waals surface area contributed by atoms with E-state index in [1.54, 1.807) is 0 Å². The minimum Gasteiger partial charge on any atom is -0.436 e. The first-order valence-corrected chi connectivity index (χ1v) is 4.35. The molecule has 0 radical (unpaired) electrons. The van der Waals surface area contributed by atoms with E-state index in [9.17, 15) is 18.0 Å². The number of nitrogens with zero attached hydrogens (tertiary/aromatic N) is 1. The van der Waals surface area contributed by atoms with Gasteiger partial charge in [-0.1, -0.05) is 0 Å². The first kappa shape index (κ1) is 12.5. The molecular weight excluding hydrogens is 227 g/mol. The number of rotatable bonds is 4. The van der Waals surface area contributed by atoms with Crippen LogP contribution in [0.15, 0.2) is 10.6 Å². The maximum atomic E-state index is 11.9. The lowest BCUT2D eigenvalue weighted by molar-refractivity contribution is -0.126. The summed E-state index contributed by atoms with van der Waals surface area (Å²) in [6, 6.07) is -0.706. The maximum absolute atomic E-state index is 11.9. The molecule has 0 aliphatic heterocycles. The Morgan fingerprint density at radius 2 is 2.31 bits per heavy atom. The van der Waals surface area contributed by atoms with Gasteiger partial charge < -0.3 is 10.2 Å². The SMILES string of the molecule is CC(NCC(F)(F)F)c1cnc(C(N)=O)o1. The predicted octanol–water partition coefficient (Wildman–Crippen LogP) is 0.986. The van der Waals surface area contributed by atoms with Crippen LogP contribution in [0.4, 0.5) is 13.2 Å². The van der Waals surface area contributed by atoms with Crippen LogP contribution in [0.1, 0.15) is 29.4 Å². The smallest absolute Gasteiger partial charge is 0.401 e. The summed E-state index contributed by atoms with van der Waals surface area (Å²) in [6.45, 7) is 0.303. The summed E-state index contributed by atoms with van der Waals surface area (Å²) >= 11 is 0. The third kappa shape index (κ3) is 3.54. The van der Waals surface area contributed by atoms with Crippen molar-refractivity contribution in [2.45, 2.75) is 19.1 Å². The van der Waals surface area contributed by atoms with Gasteiger partial charge in [-0.05, 0) is 6.92 Å². The minimum absolute atomic E-state index is 0.123. The van der Waals surface area contributed by atoms with Crippen LogP contribution in [0.25, 0.3) is 0 Å². The molecule has 1 atom stereocenters. The molecule has 1 aromatic rings. The summed E-state index contributed by atoms with van der Waals surface area (Å²) in [5.74, 6) is -1.07. The molecule has 0 saturated heterocycles. The van der Waals surface area contributed by atoms with Gasteiger partial charge in [-0.2, -0.15) is 13.2 Å². The van der Waals surface area contributed by atoms with Crippen molar-refractivity contribution in [3.05, 3.63) is 17.8 Å². The highest BCUT2D eigenvalue weighted by Crippen LogP contribution is 2.17. The second-order valence-corrected chi connectivity index (χ2v) is 3.15. The first-order chi connectivity index (χ1) is 7.29. The van der Waals surface area contributed by atoms with Gasteiger partial charge in [-0.15, -0.1) is 0 Å². The largest absolute Gasteiger partial charge is 0.436 e. The van der Waals surface area contributed by atoms with Gasteiger partial charge in [0.15, 0.2) is 0 Å². The Bertz CT molecular complexity index is 375. The van der Waals surface area contributed by atoms with Crippen molar-refractivity contribution in [1.82, 2.24) is 10.3 Å². The van der Waals surface area contributed by atoms with Crippen molar-refractivity contribution >= 4 is 5.91 Å². The zero-order chi connectivity index (χ0) is 12.3. The third-order valence-corrected chi connectivity index (χ3v) is 1.77. The number of alkyl halides is 3. The van der Waals surface area contributed by atoms with Crippen LogP contribution in [-0.4, -0.2) is 23.6 Å². The molecular formula is C8H10F3N3O2. The quantitative estimate of drug-likeness (QED) is 0.818. The molecule has 1 rings (SSSR count). The fraction of sp³-hybridized carbons (Fsp3) is 0.500. The molecule has 5 nitrogen and oxygen atoms in total. The zero-order valence-corrected chi connectivity index (χ0v) is 8.34. The van der Waals surface area contributed by atoms with E-state index in [0.717, 1.165) is 6.20 Å². The number of oxazole rings is 1. The fourth-order valence-electron chi connectivity index (χ4n) is 0.970. The van der Waals surface area contributed by atoms with E-state index in [1.165, 1.54) is 6.92 Å². The van der Waals surface area contributed by atoms with Crippen LogP contribution in [0, 0.1) is 0 Å². The van der Waals surface area contributed by atoms with E-state index in [4.69, 9.17) is 10.2 Å². The molecule has 0 bridgehead atoms. The van der Waals surface area contributed by atoms with Crippen molar-refractivity contribution in [1.29, 1.82) is 0 Å². The first-order valence-electron chi connectivity index (χ1n) is 4.35. The fourth-order valence-corrected chi connectivity index (χ4v) is 0.970. The van der Waals surface area contributed by atoms with Crippen molar-refractivity contribution in [3.8, 4) is 0 Å². The van der Waals surface area contributed by atoms with E-state index < -0.39 is 24.7 Å². The molecule has 0 saturated carbocycles. The molecule has 0 aromatic carbocycles. The van der Waals surface area contributed by atoms with Crippen LogP contribution in [-0.2, 0) is 0 Å². The minimum atomic E-state index is -4.30. The van der Waals surface area contributed by atoms with E-state index in [0.29, 0.717) is 0 Å². The molecule has 0 aliphatic carbocycles. The highest BCUT2D eigenvalue weighted by molar-refractivity contribution is 5.87. The van der Waals surface area contributed by atoms with Gasteiger partial charge in [0.1, 0.15) is 5.76 Å². The van der Waals surface area contributed by atoms with E-state index in [2.05, 4.69) is 10.3 Å². The van der Waals surface area contributed by atoms with Crippen LogP contribution in [0.5, 0.6) is 0 Å². The van der Waals surface area contributed by atoms with Gasteiger partial charge in [-0.25, -0.2) is 4.98 Å². The molecule has 1 aromatic heterocycles. The van der Waals surface area contributed by atoms with Crippen molar-refractivity contribution in [3.63, 3.8) is 0 Å². The second-order valence-electron chi connectivity index (χ2n) is 3.15. The van der Waals surface area contributed by atoms with Crippen LogP contribution in [0.2, 0.25) is 0 Å². The summed E-state index contributed by atoms with van der Waals surface area (Å²) in [6.07, 6.45) is -3.14. The average molecular weight is 237 g/mol. The Morgan fingerprint density at radius 1 is 1.69 bits per heavy atom. The van der Waals surface area contributed by atoms with E-state index in [1.807, 2.05) is 0 Å². The van der Waals surface area contributed by atoms with Crippen LogP contribution in [0.3, 0.4) is 0 Å². The Labute approximate surface area is 88.8 Å².